The molecule has 0 atom stereocenters. The highest BCUT2D eigenvalue weighted by Crippen LogP contribution is 2.23. The summed E-state index contributed by atoms with van der Waals surface area (Å²) in [6.07, 6.45) is 25.9. The minimum atomic E-state index is -0.113. The summed E-state index contributed by atoms with van der Waals surface area (Å²) in [7, 11) is 0. The van der Waals surface area contributed by atoms with Crippen molar-refractivity contribution in [2.75, 3.05) is 32.8 Å². The molecule has 0 spiro atoms. The average Bonchev–Trinajstić information content (AvgIpc) is 3.05. The third-order valence-corrected chi connectivity index (χ3v) is 8.90. The molecule has 1 aromatic rings. The largest absolute Gasteiger partial charge is 0.466 e. The molecule has 46 heavy (non-hydrogen) atoms. The van der Waals surface area contributed by atoms with Gasteiger partial charge in [0.1, 0.15) is 5.75 Å². The average molecular weight is 646 g/mol. The lowest BCUT2D eigenvalue weighted by molar-refractivity contribution is -0.144. The van der Waals surface area contributed by atoms with E-state index in [1.165, 1.54) is 68.9 Å². The topological polar surface area (TPSA) is 76.1 Å². The molecule has 0 saturated heterocycles. The van der Waals surface area contributed by atoms with Crippen molar-refractivity contribution in [1.82, 2.24) is 4.90 Å². The maximum atomic E-state index is 12.5. The van der Waals surface area contributed by atoms with E-state index in [4.69, 9.17) is 9.47 Å². The SMILES string of the molecule is CCCCCOC(=O)CCCCCCCN(CCO)CCCCCCCCC(=O)Oc1ccc(CCCCC)c(CCCCC)c1. The monoisotopic (exact) mass is 646 g/mol. The predicted octanol–water partition coefficient (Wildman–Crippen LogP) is 10.2. The summed E-state index contributed by atoms with van der Waals surface area (Å²) in [5, 5.41) is 9.48. The van der Waals surface area contributed by atoms with Gasteiger partial charge in [0.25, 0.3) is 0 Å². The van der Waals surface area contributed by atoms with Crippen molar-refractivity contribution in [3.8, 4) is 5.75 Å². The van der Waals surface area contributed by atoms with Crippen LogP contribution in [0.2, 0.25) is 0 Å². The Morgan fingerprint density at radius 3 is 1.70 bits per heavy atom. The summed E-state index contributed by atoms with van der Waals surface area (Å²) < 4.78 is 11.0. The molecule has 0 aliphatic rings. The van der Waals surface area contributed by atoms with Crippen molar-refractivity contribution in [3.63, 3.8) is 0 Å². The van der Waals surface area contributed by atoms with Gasteiger partial charge in [-0.2, -0.15) is 0 Å². The fourth-order valence-electron chi connectivity index (χ4n) is 5.99. The molecule has 0 heterocycles. The summed E-state index contributed by atoms with van der Waals surface area (Å²) in [4.78, 5) is 26.7. The van der Waals surface area contributed by atoms with E-state index in [0.29, 0.717) is 25.2 Å². The second-order valence-corrected chi connectivity index (χ2v) is 13.2. The van der Waals surface area contributed by atoms with Crippen LogP contribution >= 0.6 is 0 Å². The first-order valence-corrected chi connectivity index (χ1v) is 19.3. The molecule has 0 radical (unpaired) electrons. The van der Waals surface area contributed by atoms with Gasteiger partial charge in [-0.1, -0.05) is 110 Å². The van der Waals surface area contributed by atoms with E-state index in [9.17, 15) is 14.7 Å². The van der Waals surface area contributed by atoms with Gasteiger partial charge in [-0.15, -0.1) is 0 Å². The van der Waals surface area contributed by atoms with Crippen LogP contribution in [0.3, 0.4) is 0 Å². The first kappa shape index (κ1) is 42.1. The van der Waals surface area contributed by atoms with Crippen molar-refractivity contribution in [3.05, 3.63) is 29.3 Å². The maximum Gasteiger partial charge on any atom is 0.311 e. The number of hydrogen-bond acceptors (Lipinski definition) is 6. The Kier molecular flexibility index (Phi) is 27.8. The quantitative estimate of drug-likeness (QED) is 0.0477. The number of rotatable bonds is 32. The molecule has 1 N–H and O–H groups in total. The third-order valence-electron chi connectivity index (χ3n) is 8.90. The molecule has 0 amide bonds. The Morgan fingerprint density at radius 1 is 0.587 bits per heavy atom. The highest BCUT2D eigenvalue weighted by atomic mass is 16.5. The van der Waals surface area contributed by atoms with Gasteiger partial charge in [0, 0.05) is 19.4 Å². The van der Waals surface area contributed by atoms with Crippen LogP contribution in [0.4, 0.5) is 0 Å². The van der Waals surface area contributed by atoms with Crippen LogP contribution in [0.25, 0.3) is 0 Å². The summed E-state index contributed by atoms with van der Waals surface area (Å²) in [6, 6.07) is 6.28. The number of carbonyl (C=O) groups excluding carboxylic acids is 2. The standard InChI is InChI=1S/C40H71NO5/c1-4-7-17-24-36-28-29-38(35-37(36)25-18-8-5-2)46-40(44)27-20-13-10-11-15-21-30-41(32-33-42)31-22-16-12-14-19-26-39(43)45-34-23-9-6-3/h28-29,35,42H,4-27,30-34H2,1-3H3. The lowest BCUT2D eigenvalue weighted by Gasteiger charge is -2.21. The molecular formula is C40H71NO5. The molecule has 1 aromatic carbocycles. The molecular weight excluding hydrogens is 574 g/mol. The smallest absolute Gasteiger partial charge is 0.311 e. The fraction of sp³-hybridized carbons (Fsp3) is 0.800. The zero-order valence-corrected chi connectivity index (χ0v) is 30.3. The van der Waals surface area contributed by atoms with Crippen molar-refractivity contribution in [1.29, 1.82) is 0 Å². The minimum absolute atomic E-state index is 0.0476. The molecule has 1 rings (SSSR count). The Labute approximate surface area is 283 Å². The summed E-state index contributed by atoms with van der Waals surface area (Å²) >= 11 is 0. The van der Waals surface area contributed by atoms with Gasteiger partial charge >= 0.3 is 11.9 Å². The second-order valence-electron chi connectivity index (χ2n) is 13.2. The van der Waals surface area contributed by atoms with E-state index in [0.717, 1.165) is 103 Å². The van der Waals surface area contributed by atoms with Crippen LogP contribution < -0.4 is 4.74 Å². The van der Waals surface area contributed by atoms with Crippen molar-refractivity contribution in [2.24, 2.45) is 0 Å². The summed E-state index contributed by atoms with van der Waals surface area (Å²) in [5.74, 6) is 0.546. The predicted molar refractivity (Wildman–Crippen MR) is 193 cm³/mol. The summed E-state index contributed by atoms with van der Waals surface area (Å²) in [6.45, 7) is 10.2. The molecule has 0 aliphatic carbocycles. The number of benzene rings is 1. The fourth-order valence-corrected chi connectivity index (χ4v) is 5.99. The Balaban J connectivity index is 2.14. The number of nitrogens with zero attached hydrogens (tertiary/aromatic N) is 1. The molecule has 0 aliphatic heterocycles. The van der Waals surface area contributed by atoms with E-state index < -0.39 is 0 Å². The van der Waals surface area contributed by atoms with Crippen molar-refractivity contribution in [2.45, 2.75) is 175 Å². The molecule has 0 fully saturated rings. The first-order chi connectivity index (χ1) is 22.5. The number of unbranched alkanes of at least 4 members (excludes halogenated alkanes) is 15. The van der Waals surface area contributed by atoms with Crippen LogP contribution in [0.1, 0.15) is 173 Å². The highest BCUT2D eigenvalue weighted by molar-refractivity contribution is 5.72. The highest BCUT2D eigenvalue weighted by Gasteiger charge is 2.10. The molecule has 266 valence electrons. The van der Waals surface area contributed by atoms with Crippen LogP contribution in [0, 0.1) is 0 Å². The molecule has 0 aromatic heterocycles. The van der Waals surface area contributed by atoms with Gasteiger partial charge in [-0.05, 0) is 94.1 Å². The lowest BCUT2D eigenvalue weighted by atomic mass is 9.97. The summed E-state index contributed by atoms with van der Waals surface area (Å²) in [5.41, 5.74) is 2.78. The van der Waals surface area contributed by atoms with E-state index in [1.54, 1.807) is 0 Å². The van der Waals surface area contributed by atoms with Gasteiger partial charge < -0.3 is 19.5 Å². The van der Waals surface area contributed by atoms with Gasteiger partial charge in [-0.3, -0.25) is 9.59 Å². The molecule has 6 heteroatoms. The number of carbonyl (C=O) groups is 2. The number of aliphatic hydroxyl groups excluding tert-OH is 1. The minimum Gasteiger partial charge on any atom is -0.466 e. The van der Waals surface area contributed by atoms with Crippen LogP contribution in [-0.4, -0.2) is 54.8 Å². The third kappa shape index (κ3) is 23.4. The first-order valence-electron chi connectivity index (χ1n) is 19.3. The van der Waals surface area contributed by atoms with Gasteiger partial charge in [0.05, 0.1) is 13.2 Å². The van der Waals surface area contributed by atoms with Gasteiger partial charge in [0.15, 0.2) is 0 Å². The molecule has 0 unspecified atom stereocenters. The number of aryl methyl sites for hydroxylation is 2. The maximum absolute atomic E-state index is 12.5. The van der Waals surface area contributed by atoms with Crippen molar-refractivity contribution < 1.29 is 24.2 Å². The van der Waals surface area contributed by atoms with E-state index in [2.05, 4.69) is 37.8 Å². The van der Waals surface area contributed by atoms with Gasteiger partial charge in [0.2, 0.25) is 0 Å². The van der Waals surface area contributed by atoms with E-state index >= 15 is 0 Å². The van der Waals surface area contributed by atoms with Crippen LogP contribution in [-0.2, 0) is 27.2 Å². The molecule has 6 nitrogen and oxygen atoms in total. The molecule has 0 bridgehead atoms. The van der Waals surface area contributed by atoms with E-state index in [-0.39, 0.29) is 18.5 Å². The number of esters is 2. The number of aliphatic hydroxyl groups is 1. The number of hydrogen-bond donors (Lipinski definition) is 1. The second kappa shape index (κ2) is 30.4. The van der Waals surface area contributed by atoms with Crippen molar-refractivity contribution >= 4 is 11.9 Å². The normalized spacial score (nSPS) is 11.3. The van der Waals surface area contributed by atoms with Gasteiger partial charge in [-0.25, -0.2) is 0 Å². The Hall–Kier alpha value is -1.92. The lowest BCUT2D eigenvalue weighted by Crippen LogP contribution is -2.29. The molecule has 0 saturated carbocycles. The Bertz CT molecular complexity index is 873. The van der Waals surface area contributed by atoms with Crippen LogP contribution in [0.15, 0.2) is 18.2 Å². The Morgan fingerprint density at radius 2 is 1.11 bits per heavy atom. The zero-order valence-electron chi connectivity index (χ0n) is 30.3. The van der Waals surface area contributed by atoms with Crippen LogP contribution in [0.5, 0.6) is 5.75 Å². The number of ether oxygens (including phenoxy) is 2. The zero-order chi connectivity index (χ0) is 33.5. The van der Waals surface area contributed by atoms with E-state index in [1.807, 2.05) is 6.07 Å².